The number of carbonyl (C=O) groups excluding carboxylic acids is 1. The lowest BCUT2D eigenvalue weighted by Crippen LogP contribution is -2.46. The number of benzene rings is 1. The van der Waals surface area contributed by atoms with Crippen LogP contribution in [0.4, 0.5) is 5.82 Å². The zero-order valence-electron chi connectivity index (χ0n) is 17.2. The highest BCUT2D eigenvalue weighted by Gasteiger charge is 2.32. The van der Waals surface area contributed by atoms with Gasteiger partial charge in [-0.25, -0.2) is 8.42 Å². The van der Waals surface area contributed by atoms with Gasteiger partial charge in [0, 0.05) is 24.8 Å². The van der Waals surface area contributed by atoms with Crippen LogP contribution in [-0.2, 0) is 21.1 Å². The number of hydrogen-bond acceptors (Lipinski definition) is 5. The largest absolute Gasteiger partial charge is 0.308 e. The van der Waals surface area contributed by atoms with Crippen LogP contribution in [0.1, 0.15) is 49.4 Å². The second-order valence-electron chi connectivity index (χ2n) is 8.48. The van der Waals surface area contributed by atoms with E-state index in [0.717, 1.165) is 17.7 Å². The van der Waals surface area contributed by atoms with E-state index in [1.54, 1.807) is 0 Å². The molecule has 1 aromatic heterocycles. The summed E-state index contributed by atoms with van der Waals surface area (Å²) in [6, 6.07) is 10.9. The third kappa shape index (κ3) is 5.29. The number of anilines is 1. The molecule has 30 heavy (non-hydrogen) atoms. The summed E-state index contributed by atoms with van der Waals surface area (Å²) in [6.07, 6.45) is 7.41. The molecule has 2 fully saturated rings. The summed E-state index contributed by atoms with van der Waals surface area (Å²) in [5, 5.41) is 10.3. The molecule has 2 N–H and O–H groups in total. The lowest BCUT2D eigenvalue weighted by atomic mass is 9.86. The Balaban J connectivity index is 1.45. The molecule has 0 spiro atoms. The molecule has 1 unspecified atom stereocenters. The van der Waals surface area contributed by atoms with Gasteiger partial charge < -0.3 is 5.32 Å². The first-order valence-corrected chi connectivity index (χ1v) is 12.7. The summed E-state index contributed by atoms with van der Waals surface area (Å²) < 4.78 is 23.7. The number of aromatic amines is 1. The number of rotatable bonds is 6. The van der Waals surface area contributed by atoms with Gasteiger partial charge in [-0.3, -0.25) is 14.8 Å². The first kappa shape index (κ1) is 21.1. The highest BCUT2D eigenvalue weighted by atomic mass is 32.2. The van der Waals surface area contributed by atoms with Gasteiger partial charge in [0.1, 0.15) is 6.04 Å². The Bertz CT molecular complexity index is 938. The monoisotopic (exact) mass is 430 g/mol. The maximum absolute atomic E-state index is 13.2. The average molecular weight is 431 g/mol. The fourth-order valence-corrected chi connectivity index (χ4v) is 5.80. The van der Waals surface area contributed by atoms with Crippen molar-refractivity contribution in [3.63, 3.8) is 0 Å². The van der Waals surface area contributed by atoms with Gasteiger partial charge >= 0.3 is 0 Å². The predicted octanol–water partition coefficient (Wildman–Crippen LogP) is 2.94. The fraction of sp³-hybridized carbons (Fsp3) is 0.545. The van der Waals surface area contributed by atoms with Gasteiger partial charge in [0.15, 0.2) is 15.7 Å². The number of aromatic nitrogens is 2. The molecule has 0 bridgehead atoms. The van der Waals surface area contributed by atoms with E-state index in [2.05, 4.69) is 15.5 Å². The molecular weight excluding hydrogens is 400 g/mol. The summed E-state index contributed by atoms with van der Waals surface area (Å²) in [6.45, 7) is 0.700. The second-order valence-corrected chi connectivity index (χ2v) is 10.8. The third-order valence-corrected chi connectivity index (χ3v) is 7.83. The number of H-pyrrole nitrogens is 1. The van der Waals surface area contributed by atoms with Gasteiger partial charge in [-0.15, -0.1) is 0 Å². The molecule has 1 aliphatic heterocycles. The van der Waals surface area contributed by atoms with Crippen LogP contribution in [-0.4, -0.2) is 54.0 Å². The molecule has 1 saturated carbocycles. The molecule has 7 nitrogen and oxygen atoms in total. The molecule has 1 saturated heterocycles. The maximum Gasteiger partial charge on any atom is 0.247 e. The minimum absolute atomic E-state index is 0.0809. The van der Waals surface area contributed by atoms with Crippen LogP contribution in [0, 0.1) is 5.92 Å². The van der Waals surface area contributed by atoms with Crippen molar-refractivity contribution in [3.8, 4) is 0 Å². The van der Waals surface area contributed by atoms with E-state index >= 15 is 0 Å². The Morgan fingerprint density at radius 2 is 1.83 bits per heavy atom. The van der Waals surface area contributed by atoms with Crippen molar-refractivity contribution < 1.29 is 13.2 Å². The van der Waals surface area contributed by atoms with Crippen LogP contribution in [0.25, 0.3) is 0 Å². The summed E-state index contributed by atoms with van der Waals surface area (Å²) in [5.74, 6) is 1.19. The summed E-state index contributed by atoms with van der Waals surface area (Å²) in [4.78, 5) is 15.2. The molecule has 2 aliphatic rings. The highest BCUT2D eigenvalue weighted by molar-refractivity contribution is 7.91. The molecule has 8 heteroatoms. The van der Waals surface area contributed by atoms with Crippen molar-refractivity contribution in [2.45, 2.75) is 44.6 Å². The number of nitrogens with zero attached hydrogens (tertiary/aromatic N) is 2. The number of sulfone groups is 1. The Morgan fingerprint density at radius 1 is 1.13 bits per heavy atom. The first-order chi connectivity index (χ1) is 14.5. The van der Waals surface area contributed by atoms with Gasteiger partial charge in [-0.2, -0.15) is 5.10 Å². The van der Waals surface area contributed by atoms with Crippen LogP contribution >= 0.6 is 0 Å². The number of nitrogens with one attached hydrogen (secondary N) is 2. The number of hydrogen-bond donors (Lipinski definition) is 2. The van der Waals surface area contributed by atoms with Crippen molar-refractivity contribution in [2.24, 2.45) is 5.92 Å². The van der Waals surface area contributed by atoms with Crippen LogP contribution in [0.15, 0.2) is 36.4 Å². The zero-order valence-corrected chi connectivity index (χ0v) is 18.0. The van der Waals surface area contributed by atoms with Crippen molar-refractivity contribution in [3.05, 3.63) is 47.7 Å². The lowest BCUT2D eigenvalue weighted by Gasteiger charge is -2.33. The van der Waals surface area contributed by atoms with Gasteiger partial charge in [0.25, 0.3) is 0 Å². The average Bonchev–Trinajstić information content (AvgIpc) is 3.17. The van der Waals surface area contributed by atoms with E-state index in [-0.39, 0.29) is 17.4 Å². The highest BCUT2D eigenvalue weighted by Crippen LogP contribution is 2.28. The SMILES string of the molecule is O=C(Nc1cc(CC2CCCCC2)[nH]n1)C(c1ccccc1)N1CCS(=O)(=O)CC1. The van der Waals surface area contributed by atoms with Crippen LogP contribution in [0.5, 0.6) is 0 Å². The zero-order chi connectivity index (χ0) is 21.0. The summed E-state index contributed by atoms with van der Waals surface area (Å²) in [7, 11) is -3.02. The van der Waals surface area contributed by atoms with Crippen molar-refractivity contribution in [2.75, 3.05) is 29.9 Å². The molecule has 1 atom stereocenters. The number of amides is 1. The molecule has 162 valence electrons. The Hall–Kier alpha value is -2.19. The van der Waals surface area contributed by atoms with E-state index in [1.807, 2.05) is 41.3 Å². The molecule has 2 heterocycles. The van der Waals surface area contributed by atoms with Gasteiger partial charge in [0.05, 0.1) is 11.5 Å². The summed E-state index contributed by atoms with van der Waals surface area (Å²) >= 11 is 0. The Kier molecular flexibility index (Phi) is 6.53. The fourth-order valence-electron chi connectivity index (χ4n) is 4.58. The van der Waals surface area contributed by atoms with Crippen molar-refractivity contribution in [1.82, 2.24) is 15.1 Å². The standard InChI is InChI=1S/C22H30N4O3S/c27-22(23-20-16-19(24-25-20)15-17-7-3-1-4-8-17)21(18-9-5-2-6-10-18)26-11-13-30(28,29)14-12-26/h2,5-6,9-10,16-17,21H,1,3-4,7-8,11-15H2,(H2,23,24,25,27). The normalized spacial score (nSPS) is 21.2. The first-order valence-electron chi connectivity index (χ1n) is 10.8. The molecule has 0 radical (unpaired) electrons. The van der Waals surface area contributed by atoms with Gasteiger partial charge in [0.2, 0.25) is 5.91 Å². The number of carbonyl (C=O) groups is 1. The van der Waals surface area contributed by atoms with Crippen molar-refractivity contribution in [1.29, 1.82) is 0 Å². The maximum atomic E-state index is 13.2. The van der Waals surface area contributed by atoms with E-state index < -0.39 is 15.9 Å². The van der Waals surface area contributed by atoms with E-state index in [1.165, 1.54) is 32.1 Å². The second kappa shape index (κ2) is 9.31. The molecule has 1 amide bonds. The topological polar surface area (TPSA) is 95.2 Å². The smallest absolute Gasteiger partial charge is 0.247 e. The van der Waals surface area contributed by atoms with Crippen molar-refractivity contribution >= 4 is 21.6 Å². The minimum atomic E-state index is -3.02. The molecule has 2 aromatic rings. The summed E-state index contributed by atoms with van der Waals surface area (Å²) in [5.41, 5.74) is 1.91. The quantitative estimate of drug-likeness (QED) is 0.735. The van der Waals surface area contributed by atoms with Crippen LogP contribution < -0.4 is 5.32 Å². The van der Waals surface area contributed by atoms with Gasteiger partial charge in [-0.1, -0.05) is 62.4 Å². The molecular formula is C22H30N4O3S. The Labute approximate surface area is 178 Å². The van der Waals surface area contributed by atoms with E-state index in [0.29, 0.717) is 24.8 Å². The molecule has 4 rings (SSSR count). The van der Waals surface area contributed by atoms with Crippen LogP contribution in [0.3, 0.4) is 0 Å². The Morgan fingerprint density at radius 3 is 2.53 bits per heavy atom. The predicted molar refractivity (Wildman–Crippen MR) is 117 cm³/mol. The van der Waals surface area contributed by atoms with E-state index in [4.69, 9.17) is 0 Å². The lowest BCUT2D eigenvalue weighted by molar-refractivity contribution is -0.121. The van der Waals surface area contributed by atoms with Crippen LogP contribution in [0.2, 0.25) is 0 Å². The minimum Gasteiger partial charge on any atom is -0.308 e. The van der Waals surface area contributed by atoms with Gasteiger partial charge in [-0.05, 0) is 17.9 Å². The molecule has 1 aliphatic carbocycles. The molecule has 1 aromatic carbocycles. The van der Waals surface area contributed by atoms with E-state index in [9.17, 15) is 13.2 Å². The third-order valence-electron chi connectivity index (χ3n) is 6.22.